The maximum absolute atomic E-state index is 10.5. The third kappa shape index (κ3) is 4.76. The van der Waals surface area contributed by atoms with Crippen molar-refractivity contribution in [1.82, 2.24) is 0 Å². The molecule has 0 saturated carbocycles. The Hall–Kier alpha value is -1.71. The van der Waals surface area contributed by atoms with Gasteiger partial charge in [0.1, 0.15) is 5.75 Å². The van der Waals surface area contributed by atoms with Gasteiger partial charge in [-0.15, -0.1) is 0 Å². The fraction of sp³-hybridized carbons (Fsp3) is 0.462. The minimum absolute atomic E-state index is 0.0854. The number of hydrogen-bond acceptors (Lipinski definition) is 3. The Morgan fingerprint density at radius 3 is 2.82 bits per heavy atom. The third-order valence-electron chi connectivity index (χ3n) is 2.35. The summed E-state index contributed by atoms with van der Waals surface area (Å²) in [5, 5.41) is 11.9. The molecule has 17 heavy (non-hydrogen) atoms. The Kier molecular flexibility index (Phi) is 5.33. The molecule has 0 bridgehead atoms. The first kappa shape index (κ1) is 13.4. The minimum Gasteiger partial charge on any atom is -0.492 e. The number of carbonyl (C=O) groups is 1. The van der Waals surface area contributed by atoms with Gasteiger partial charge in [0, 0.05) is 13.0 Å². The largest absolute Gasteiger partial charge is 0.492 e. The number of rotatable bonds is 7. The lowest BCUT2D eigenvalue weighted by atomic mass is 10.1. The van der Waals surface area contributed by atoms with E-state index in [1.54, 1.807) is 0 Å². The molecule has 0 aliphatic rings. The molecule has 1 rings (SSSR count). The van der Waals surface area contributed by atoms with Gasteiger partial charge in [0.2, 0.25) is 0 Å². The molecule has 0 radical (unpaired) electrons. The van der Waals surface area contributed by atoms with E-state index in [0.29, 0.717) is 13.2 Å². The molecule has 2 N–H and O–H groups in total. The van der Waals surface area contributed by atoms with Crippen LogP contribution in [0.2, 0.25) is 0 Å². The van der Waals surface area contributed by atoms with E-state index in [1.807, 2.05) is 38.1 Å². The van der Waals surface area contributed by atoms with Crippen LogP contribution in [0.4, 0.5) is 5.69 Å². The minimum atomic E-state index is -0.766. The summed E-state index contributed by atoms with van der Waals surface area (Å²) >= 11 is 0. The quantitative estimate of drug-likeness (QED) is 0.765. The van der Waals surface area contributed by atoms with Crippen molar-refractivity contribution in [2.45, 2.75) is 20.3 Å². The molecule has 0 fully saturated rings. The van der Waals surface area contributed by atoms with Crippen molar-refractivity contribution in [2.75, 3.05) is 18.5 Å². The number of para-hydroxylation sites is 2. The number of anilines is 1. The van der Waals surface area contributed by atoms with Crippen LogP contribution in [-0.2, 0) is 4.79 Å². The summed E-state index contributed by atoms with van der Waals surface area (Å²) in [4.78, 5) is 10.5. The number of aliphatic carboxylic acids is 1. The van der Waals surface area contributed by atoms with E-state index in [9.17, 15) is 4.79 Å². The van der Waals surface area contributed by atoms with Crippen LogP contribution < -0.4 is 10.1 Å². The predicted octanol–water partition coefficient (Wildman–Crippen LogP) is 2.61. The standard InChI is InChI=1S/C13H19NO3/c1-3-17-12-7-5-4-6-11(12)14-9-10(2)8-13(15)16/h4-7,10,14H,3,8-9H2,1-2H3,(H,15,16). The lowest BCUT2D eigenvalue weighted by Gasteiger charge is -2.14. The average molecular weight is 237 g/mol. The van der Waals surface area contributed by atoms with Crippen LogP contribution in [0.5, 0.6) is 5.75 Å². The van der Waals surface area contributed by atoms with Crippen LogP contribution in [0.1, 0.15) is 20.3 Å². The topological polar surface area (TPSA) is 58.6 Å². The third-order valence-corrected chi connectivity index (χ3v) is 2.35. The molecule has 4 nitrogen and oxygen atoms in total. The summed E-state index contributed by atoms with van der Waals surface area (Å²) in [7, 11) is 0. The van der Waals surface area contributed by atoms with Crippen molar-refractivity contribution in [2.24, 2.45) is 5.92 Å². The molecule has 0 aliphatic carbocycles. The van der Waals surface area contributed by atoms with E-state index >= 15 is 0 Å². The Bertz CT molecular complexity index is 365. The van der Waals surface area contributed by atoms with E-state index in [1.165, 1.54) is 0 Å². The Morgan fingerprint density at radius 1 is 1.47 bits per heavy atom. The van der Waals surface area contributed by atoms with Crippen molar-refractivity contribution < 1.29 is 14.6 Å². The van der Waals surface area contributed by atoms with Crippen LogP contribution in [-0.4, -0.2) is 24.2 Å². The second-order valence-corrected chi connectivity index (χ2v) is 4.01. The first-order valence-corrected chi connectivity index (χ1v) is 5.81. The van der Waals surface area contributed by atoms with Crippen molar-refractivity contribution in [1.29, 1.82) is 0 Å². The number of hydrogen-bond donors (Lipinski definition) is 2. The van der Waals surface area contributed by atoms with Crippen LogP contribution in [0.15, 0.2) is 24.3 Å². The molecular weight excluding hydrogens is 218 g/mol. The molecule has 0 aromatic heterocycles. The van der Waals surface area contributed by atoms with Crippen molar-refractivity contribution >= 4 is 11.7 Å². The predicted molar refractivity (Wildman–Crippen MR) is 67.5 cm³/mol. The smallest absolute Gasteiger partial charge is 0.303 e. The lowest BCUT2D eigenvalue weighted by Crippen LogP contribution is -2.15. The summed E-state index contributed by atoms with van der Waals surface area (Å²) in [5.74, 6) is 0.122. The van der Waals surface area contributed by atoms with Crippen LogP contribution in [0, 0.1) is 5.92 Å². The molecular formula is C13H19NO3. The zero-order valence-corrected chi connectivity index (χ0v) is 10.3. The fourth-order valence-electron chi connectivity index (χ4n) is 1.55. The lowest BCUT2D eigenvalue weighted by molar-refractivity contribution is -0.137. The van der Waals surface area contributed by atoms with Gasteiger partial charge in [-0.05, 0) is 25.0 Å². The zero-order chi connectivity index (χ0) is 12.7. The first-order valence-electron chi connectivity index (χ1n) is 5.81. The summed E-state index contributed by atoms with van der Waals surface area (Å²) in [5.41, 5.74) is 0.909. The van der Waals surface area contributed by atoms with Crippen molar-refractivity contribution in [3.8, 4) is 5.75 Å². The van der Waals surface area contributed by atoms with E-state index in [2.05, 4.69) is 5.32 Å². The summed E-state index contributed by atoms with van der Waals surface area (Å²) < 4.78 is 5.47. The van der Waals surface area contributed by atoms with Gasteiger partial charge in [-0.25, -0.2) is 0 Å². The van der Waals surface area contributed by atoms with Gasteiger partial charge in [-0.1, -0.05) is 19.1 Å². The highest BCUT2D eigenvalue weighted by atomic mass is 16.5. The Labute approximate surface area is 102 Å². The molecule has 1 unspecified atom stereocenters. The highest BCUT2D eigenvalue weighted by Crippen LogP contribution is 2.23. The maximum Gasteiger partial charge on any atom is 0.303 e. The number of nitrogens with one attached hydrogen (secondary N) is 1. The van der Waals surface area contributed by atoms with Gasteiger partial charge in [-0.2, -0.15) is 0 Å². The summed E-state index contributed by atoms with van der Waals surface area (Å²) in [6, 6.07) is 7.66. The number of benzene rings is 1. The molecule has 0 amide bonds. The second-order valence-electron chi connectivity index (χ2n) is 4.01. The highest BCUT2D eigenvalue weighted by Gasteiger charge is 2.08. The summed E-state index contributed by atoms with van der Waals surface area (Å²) in [6.07, 6.45) is 0.170. The van der Waals surface area contributed by atoms with Crippen LogP contribution >= 0.6 is 0 Å². The molecule has 1 aromatic carbocycles. The van der Waals surface area contributed by atoms with Crippen molar-refractivity contribution in [3.63, 3.8) is 0 Å². The van der Waals surface area contributed by atoms with Gasteiger partial charge in [-0.3, -0.25) is 4.79 Å². The molecule has 0 spiro atoms. The Morgan fingerprint density at radius 2 is 2.18 bits per heavy atom. The van der Waals surface area contributed by atoms with Gasteiger partial charge in [0.15, 0.2) is 0 Å². The second kappa shape index (κ2) is 6.78. The SMILES string of the molecule is CCOc1ccccc1NCC(C)CC(=O)O. The number of carboxylic acids is 1. The van der Waals surface area contributed by atoms with Gasteiger partial charge in [0.25, 0.3) is 0 Å². The van der Waals surface area contributed by atoms with Gasteiger partial charge >= 0.3 is 5.97 Å². The van der Waals surface area contributed by atoms with Gasteiger partial charge < -0.3 is 15.2 Å². The maximum atomic E-state index is 10.5. The van der Waals surface area contributed by atoms with E-state index in [0.717, 1.165) is 11.4 Å². The number of ether oxygens (including phenoxy) is 1. The van der Waals surface area contributed by atoms with E-state index in [-0.39, 0.29) is 12.3 Å². The Balaban J connectivity index is 2.53. The van der Waals surface area contributed by atoms with Crippen molar-refractivity contribution in [3.05, 3.63) is 24.3 Å². The first-order chi connectivity index (χ1) is 8.13. The molecule has 0 saturated heterocycles. The monoisotopic (exact) mass is 237 g/mol. The fourth-order valence-corrected chi connectivity index (χ4v) is 1.55. The van der Waals surface area contributed by atoms with Gasteiger partial charge in [0.05, 0.1) is 12.3 Å². The van der Waals surface area contributed by atoms with Crippen LogP contribution in [0.3, 0.4) is 0 Å². The van der Waals surface area contributed by atoms with E-state index in [4.69, 9.17) is 9.84 Å². The summed E-state index contributed by atoms with van der Waals surface area (Å²) in [6.45, 7) is 5.08. The molecule has 0 aliphatic heterocycles. The average Bonchev–Trinajstić information content (AvgIpc) is 2.27. The van der Waals surface area contributed by atoms with Crippen LogP contribution in [0.25, 0.3) is 0 Å². The normalized spacial score (nSPS) is 11.9. The molecule has 94 valence electrons. The molecule has 1 atom stereocenters. The molecule has 0 heterocycles. The highest BCUT2D eigenvalue weighted by molar-refractivity contribution is 5.67. The molecule has 1 aromatic rings. The molecule has 4 heteroatoms. The van der Waals surface area contributed by atoms with E-state index < -0.39 is 5.97 Å². The zero-order valence-electron chi connectivity index (χ0n) is 10.3. The number of carboxylic acid groups (broad SMARTS) is 1.